The molecule has 1 atom stereocenters. The van der Waals surface area contributed by atoms with E-state index in [1.165, 1.54) is 23.5 Å². The molecular weight excluding hydrogens is 567 g/mol. The largest absolute Gasteiger partial charge is 0.493 e. The van der Waals surface area contributed by atoms with Crippen molar-refractivity contribution >= 4 is 44.3 Å². The molecule has 5 rings (SSSR count). The van der Waals surface area contributed by atoms with Crippen molar-refractivity contribution in [3.8, 4) is 5.75 Å². The molecule has 12 heteroatoms. The molecule has 0 spiro atoms. The second-order valence-electron chi connectivity index (χ2n) is 10.4. The normalized spacial score (nSPS) is 19.8. The minimum atomic E-state index is -4.39. The van der Waals surface area contributed by atoms with E-state index >= 15 is 0 Å². The molecule has 0 aliphatic carbocycles. The van der Waals surface area contributed by atoms with E-state index in [9.17, 15) is 18.0 Å². The van der Waals surface area contributed by atoms with Crippen molar-refractivity contribution in [2.24, 2.45) is 0 Å². The summed E-state index contributed by atoms with van der Waals surface area (Å²) in [6.45, 7) is 3.62. The summed E-state index contributed by atoms with van der Waals surface area (Å²) in [5, 5.41) is 10.3. The number of carboxylic acid groups (broad SMARTS) is 1. The number of halogens is 4. The number of hydrogen-bond donors (Lipinski definition) is 1. The van der Waals surface area contributed by atoms with Gasteiger partial charge in [0.05, 0.1) is 34.9 Å². The van der Waals surface area contributed by atoms with Gasteiger partial charge in [-0.15, -0.1) is 0 Å². The van der Waals surface area contributed by atoms with Gasteiger partial charge in [-0.3, -0.25) is 9.69 Å². The van der Waals surface area contributed by atoms with Crippen LogP contribution in [0.2, 0.25) is 5.02 Å². The van der Waals surface area contributed by atoms with Gasteiger partial charge in [0.15, 0.2) is 5.13 Å². The SMILES string of the molecule is COC1CCN(C2(CCOc3cc(Cl)cc(CC(=O)O)c3)CCN(c3nc4ccc(C(F)(F)F)cc4s3)CC2)C1. The third-order valence-corrected chi connectivity index (χ3v) is 9.24. The summed E-state index contributed by atoms with van der Waals surface area (Å²) in [6, 6.07) is 8.73. The van der Waals surface area contributed by atoms with Crippen molar-refractivity contribution in [3.63, 3.8) is 0 Å². The van der Waals surface area contributed by atoms with Crippen LogP contribution in [0.25, 0.3) is 10.2 Å². The first-order chi connectivity index (χ1) is 19.0. The zero-order valence-corrected chi connectivity index (χ0v) is 23.6. The monoisotopic (exact) mass is 597 g/mol. The number of hydrogen-bond acceptors (Lipinski definition) is 7. The summed E-state index contributed by atoms with van der Waals surface area (Å²) in [6.07, 6.45) is -0.945. The molecule has 1 aromatic heterocycles. The summed E-state index contributed by atoms with van der Waals surface area (Å²) < 4.78 is 51.8. The fourth-order valence-electron chi connectivity index (χ4n) is 5.75. The van der Waals surface area contributed by atoms with Crippen molar-refractivity contribution in [2.45, 2.75) is 49.9 Å². The highest BCUT2D eigenvalue weighted by molar-refractivity contribution is 7.22. The third kappa shape index (κ3) is 6.48. The molecule has 2 aliphatic rings. The Morgan fingerprint density at radius 3 is 2.65 bits per heavy atom. The summed E-state index contributed by atoms with van der Waals surface area (Å²) in [7, 11) is 1.73. The van der Waals surface area contributed by atoms with Crippen LogP contribution in [0.3, 0.4) is 0 Å². The highest BCUT2D eigenvalue weighted by atomic mass is 35.5. The smallest absolute Gasteiger partial charge is 0.416 e. The number of fused-ring (bicyclic) bond motifs is 1. The van der Waals surface area contributed by atoms with Crippen molar-refractivity contribution in [1.82, 2.24) is 9.88 Å². The van der Waals surface area contributed by atoms with Gasteiger partial charge < -0.3 is 19.5 Å². The lowest BCUT2D eigenvalue weighted by molar-refractivity contribution is -0.138. The van der Waals surface area contributed by atoms with E-state index in [0.29, 0.717) is 33.2 Å². The maximum absolute atomic E-state index is 13.2. The van der Waals surface area contributed by atoms with Crippen molar-refractivity contribution in [2.75, 3.05) is 44.8 Å². The van der Waals surface area contributed by atoms with Crippen molar-refractivity contribution in [1.29, 1.82) is 0 Å². The highest BCUT2D eigenvalue weighted by Crippen LogP contribution is 2.40. The number of carbonyl (C=O) groups is 1. The molecule has 216 valence electrons. The molecule has 0 amide bonds. The molecule has 0 saturated carbocycles. The Hall–Kier alpha value is -2.60. The number of rotatable bonds is 9. The Balaban J connectivity index is 1.29. The zero-order chi connectivity index (χ0) is 28.5. The van der Waals surface area contributed by atoms with E-state index in [2.05, 4.69) is 14.8 Å². The number of ether oxygens (including phenoxy) is 2. The highest BCUT2D eigenvalue weighted by Gasteiger charge is 2.43. The Morgan fingerprint density at radius 1 is 1.20 bits per heavy atom. The minimum Gasteiger partial charge on any atom is -0.493 e. The average Bonchev–Trinajstić information content (AvgIpc) is 3.55. The lowest BCUT2D eigenvalue weighted by atomic mass is 9.83. The van der Waals surface area contributed by atoms with Gasteiger partial charge in [0, 0.05) is 43.9 Å². The summed E-state index contributed by atoms with van der Waals surface area (Å²) in [5.74, 6) is -0.394. The molecule has 2 fully saturated rings. The number of benzene rings is 2. The number of likely N-dealkylation sites (tertiary alicyclic amines) is 1. The minimum absolute atomic E-state index is 0.133. The fraction of sp³-hybridized carbons (Fsp3) is 0.500. The number of nitrogens with zero attached hydrogens (tertiary/aromatic N) is 3. The Morgan fingerprint density at radius 2 is 1.98 bits per heavy atom. The van der Waals surface area contributed by atoms with Crippen molar-refractivity contribution in [3.05, 3.63) is 52.5 Å². The number of anilines is 1. The second-order valence-corrected chi connectivity index (χ2v) is 11.9. The Labute approximate surface area is 239 Å². The van der Waals surface area contributed by atoms with Crippen LogP contribution in [0.5, 0.6) is 5.75 Å². The second kappa shape index (κ2) is 11.7. The molecule has 3 heterocycles. The van der Waals surface area contributed by atoms with E-state index in [4.69, 9.17) is 26.2 Å². The van der Waals surface area contributed by atoms with Gasteiger partial charge in [0.2, 0.25) is 0 Å². The van der Waals surface area contributed by atoms with Crippen LogP contribution in [-0.4, -0.2) is 72.5 Å². The first-order valence-corrected chi connectivity index (χ1v) is 14.4. The third-order valence-electron chi connectivity index (χ3n) is 7.94. The Kier molecular flexibility index (Phi) is 8.47. The molecule has 3 aromatic rings. The number of carboxylic acids is 1. The van der Waals surface area contributed by atoms with E-state index < -0.39 is 17.7 Å². The molecule has 1 N–H and O–H groups in total. The van der Waals surface area contributed by atoms with Crippen LogP contribution >= 0.6 is 22.9 Å². The summed E-state index contributed by atoms with van der Waals surface area (Å²) >= 11 is 7.49. The zero-order valence-electron chi connectivity index (χ0n) is 22.0. The lowest BCUT2D eigenvalue weighted by Crippen LogP contribution is -2.55. The molecule has 0 bridgehead atoms. The number of aromatic nitrogens is 1. The molecule has 1 unspecified atom stereocenters. The van der Waals surface area contributed by atoms with Gasteiger partial charge >= 0.3 is 12.1 Å². The average molecular weight is 598 g/mol. The van der Waals surface area contributed by atoms with Crippen LogP contribution in [0.1, 0.15) is 36.8 Å². The summed E-state index contributed by atoms with van der Waals surface area (Å²) in [4.78, 5) is 20.4. The van der Waals surface area contributed by atoms with Gasteiger partial charge in [-0.25, -0.2) is 4.98 Å². The maximum Gasteiger partial charge on any atom is 0.416 e. The predicted octanol–water partition coefficient (Wildman–Crippen LogP) is 6.12. The van der Waals surface area contributed by atoms with Crippen LogP contribution in [-0.2, 0) is 22.1 Å². The topological polar surface area (TPSA) is 75.1 Å². The van der Waals surface area contributed by atoms with Gasteiger partial charge in [-0.2, -0.15) is 13.2 Å². The van der Waals surface area contributed by atoms with Gasteiger partial charge in [-0.1, -0.05) is 22.9 Å². The van der Waals surface area contributed by atoms with Crippen molar-refractivity contribution < 1.29 is 32.5 Å². The van der Waals surface area contributed by atoms with E-state index in [1.54, 1.807) is 25.3 Å². The number of aliphatic carboxylic acids is 1. The van der Waals surface area contributed by atoms with Gasteiger partial charge in [0.1, 0.15) is 5.75 Å². The van der Waals surface area contributed by atoms with Gasteiger partial charge in [0.25, 0.3) is 0 Å². The van der Waals surface area contributed by atoms with E-state index in [0.717, 1.165) is 63.1 Å². The quantitative estimate of drug-likeness (QED) is 0.318. The lowest BCUT2D eigenvalue weighted by Gasteiger charge is -2.47. The number of thiazole rings is 1. The first-order valence-electron chi connectivity index (χ1n) is 13.2. The standard InChI is InChI=1S/C28H31ClF3N3O4S/c1-38-21-4-8-35(17-21)27(7-11-39-22-13-18(14-25(36)37)12-20(29)16-22)5-9-34(10-6-27)26-33-23-3-2-19(28(30,31)32)15-24(23)40-26/h2-3,12-13,15-16,21H,4-11,14,17H2,1H3,(H,36,37). The molecule has 40 heavy (non-hydrogen) atoms. The molecule has 7 nitrogen and oxygen atoms in total. The number of alkyl halides is 3. The predicted molar refractivity (Wildman–Crippen MR) is 149 cm³/mol. The number of piperidine rings is 1. The molecule has 2 aromatic carbocycles. The van der Waals surface area contributed by atoms with Crippen LogP contribution in [0, 0.1) is 0 Å². The Bertz CT molecular complexity index is 1360. The van der Waals surface area contributed by atoms with Crippen LogP contribution in [0.4, 0.5) is 18.3 Å². The van der Waals surface area contributed by atoms with Crippen LogP contribution < -0.4 is 9.64 Å². The summed E-state index contributed by atoms with van der Waals surface area (Å²) in [5.41, 5.74) is 0.361. The van der Waals surface area contributed by atoms with Crippen LogP contribution in [0.15, 0.2) is 36.4 Å². The molecule has 2 saturated heterocycles. The van der Waals surface area contributed by atoms with E-state index in [1.807, 2.05) is 0 Å². The molecular formula is C28H31ClF3N3O4S. The number of methoxy groups -OCH3 is 1. The first kappa shape index (κ1) is 28.9. The molecule has 2 aliphatic heterocycles. The van der Waals surface area contributed by atoms with E-state index in [-0.39, 0.29) is 18.1 Å². The maximum atomic E-state index is 13.2. The fourth-order valence-corrected chi connectivity index (χ4v) is 7.06. The molecule has 0 radical (unpaired) electrons. The van der Waals surface area contributed by atoms with Gasteiger partial charge in [-0.05, 0) is 67.6 Å².